The van der Waals surface area contributed by atoms with Crippen LogP contribution < -0.4 is 5.73 Å². The van der Waals surface area contributed by atoms with Gasteiger partial charge in [0.25, 0.3) is 5.91 Å². The minimum atomic E-state index is 0.229. The number of hydrogen-bond acceptors (Lipinski definition) is 2. The van der Waals surface area contributed by atoms with Gasteiger partial charge < -0.3 is 10.6 Å². The molecule has 3 nitrogen and oxygen atoms in total. The number of amides is 1. The molecule has 0 aromatic heterocycles. The average molecular weight is 373 g/mol. The van der Waals surface area contributed by atoms with Crippen molar-refractivity contribution in [3.63, 3.8) is 0 Å². The number of hydrogen-bond donors (Lipinski definition) is 1. The molecule has 0 aliphatic heterocycles. The van der Waals surface area contributed by atoms with E-state index in [1.807, 2.05) is 44.2 Å². The fourth-order valence-corrected chi connectivity index (χ4v) is 4.65. The van der Waals surface area contributed by atoms with Crippen LogP contribution in [0.1, 0.15) is 82.0 Å². The lowest BCUT2D eigenvalue weighted by molar-refractivity contribution is 0.0656. The first-order chi connectivity index (χ1) is 13.3. The van der Waals surface area contributed by atoms with Crippen LogP contribution in [0.2, 0.25) is 0 Å². The van der Waals surface area contributed by atoms with Crippen LogP contribution in [0.3, 0.4) is 0 Å². The molecule has 1 amide bonds. The summed E-state index contributed by atoms with van der Waals surface area (Å²) in [7, 11) is 0. The third-order valence-corrected chi connectivity index (χ3v) is 6.29. The largest absolute Gasteiger partial charge is 0.338 e. The second kappa shape index (κ2) is 12.2. The molecule has 27 heavy (non-hydrogen) atoms. The van der Waals surface area contributed by atoms with Crippen molar-refractivity contribution >= 4 is 5.91 Å². The minimum absolute atomic E-state index is 0.229. The summed E-state index contributed by atoms with van der Waals surface area (Å²) in [5.41, 5.74) is 6.67. The van der Waals surface area contributed by atoms with Gasteiger partial charge in [0.1, 0.15) is 0 Å². The predicted octanol–water partition coefficient (Wildman–Crippen LogP) is 5.50. The van der Waals surface area contributed by atoms with E-state index in [9.17, 15) is 4.79 Å². The van der Waals surface area contributed by atoms with Gasteiger partial charge in [-0.05, 0) is 75.0 Å². The minimum Gasteiger partial charge on any atom is -0.338 e. The maximum atomic E-state index is 13.1. The topological polar surface area (TPSA) is 46.3 Å². The second-order valence-electron chi connectivity index (χ2n) is 8.20. The zero-order valence-corrected chi connectivity index (χ0v) is 17.5. The molecule has 2 aliphatic carbocycles. The molecule has 0 bridgehead atoms. The fraction of sp³-hybridized carbons (Fsp3) is 0.708. The van der Waals surface area contributed by atoms with Gasteiger partial charge in [-0.3, -0.25) is 4.79 Å². The van der Waals surface area contributed by atoms with Crippen LogP contribution in [0.4, 0.5) is 0 Å². The van der Waals surface area contributed by atoms with Gasteiger partial charge in [0, 0.05) is 18.7 Å². The number of rotatable bonds is 6. The fourth-order valence-electron chi connectivity index (χ4n) is 4.65. The third kappa shape index (κ3) is 6.95. The molecule has 2 saturated carbocycles. The highest BCUT2D eigenvalue weighted by molar-refractivity contribution is 5.94. The van der Waals surface area contributed by atoms with Crippen molar-refractivity contribution < 1.29 is 4.79 Å². The molecule has 1 aromatic carbocycles. The van der Waals surface area contributed by atoms with Gasteiger partial charge >= 0.3 is 0 Å². The van der Waals surface area contributed by atoms with E-state index in [4.69, 9.17) is 5.73 Å². The summed E-state index contributed by atoms with van der Waals surface area (Å²) in [4.78, 5) is 15.3. The second-order valence-corrected chi connectivity index (χ2v) is 8.20. The standard InChI is InChI=1S/C22H34N2O.C2H6/c23-15-18-11-13-20(14-12-18)17-24(16-19-7-3-1-4-8-19)22(25)21-9-5-2-6-10-21;1-2/h2,5-6,9-10,18-20H,1,3-4,7-8,11-17,23H2;1-2H3. The van der Waals surface area contributed by atoms with E-state index in [0.29, 0.717) is 17.8 Å². The molecule has 2 aliphatic rings. The molecule has 0 atom stereocenters. The highest BCUT2D eigenvalue weighted by Gasteiger charge is 2.27. The zero-order chi connectivity index (χ0) is 19.5. The Kier molecular flexibility index (Phi) is 9.90. The Bertz CT molecular complexity index is 516. The van der Waals surface area contributed by atoms with E-state index in [2.05, 4.69) is 4.90 Å². The molecule has 0 heterocycles. The molecule has 1 aromatic rings. The number of carbonyl (C=O) groups is 1. The Labute approximate surface area is 166 Å². The quantitative estimate of drug-likeness (QED) is 0.716. The molecule has 3 heteroatoms. The zero-order valence-electron chi connectivity index (χ0n) is 17.5. The van der Waals surface area contributed by atoms with Gasteiger partial charge in [0.2, 0.25) is 0 Å². The molecule has 0 radical (unpaired) electrons. The lowest BCUT2D eigenvalue weighted by atomic mass is 9.81. The maximum absolute atomic E-state index is 13.1. The van der Waals surface area contributed by atoms with Crippen molar-refractivity contribution in [1.82, 2.24) is 4.90 Å². The van der Waals surface area contributed by atoms with Gasteiger partial charge in [-0.15, -0.1) is 0 Å². The van der Waals surface area contributed by atoms with E-state index < -0.39 is 0 Å². The van der Waals surface area contributed by atoms with Crippen LogP contribution in [0.15, 0.2) is 30.3 Å². The van der Waals surface area contributed by atoms with Crippen molar-refractivity contribution in [3.8, 4) is 0 Å². The van der Waals surface area contributed by atoms with Crippen LogP contribution in [-0.4, -0.2) is 30.4 Å². The normalized spacial score (nSPS) is 23.2. The van der Waals surface area contributed by atoms with Crippen LogP contribution in [0.5, 0.6) is 0 Å². The van der Waals surface area contributed by atoms with Crippen LogP contribution in [0.25, 0.3) is 0 Å². The molecular formula is C24H40N2O. The van der Waals surface area contributed by atoms with Crippen molar-refractivity contribution in [2.45, 2.75) is 71.6 Å². The lowest BCUT2D eigenvalue weighted by Gasteiger charge is -2.35. The van der Waals surface area contributed by atoms with Gasteiger partial charge in [-0.2, -0.15) is 0 Å². The van der Waals surface area contributed by atoms with E-state index in [1.54, 1.807) is 0 Å². The summed E-state index contributed by atoms with van der Waals surface area (Å²) >= 11 is 0. The first-order valence-electron chi connectivity index (χ1n) is 11.3. The van der Waals surface area contributed by atoms with Crippen LogP contribution in [0, 0.1) is 17.8 Å². The van der Waals surface area contributed by atoms with Crippen molar-refractivity contribution in [2.75, 3.05) is 19.6 Å². The summed E-state index contributed by atoms with van der Waals surface area (Å²) in [6.07, 6.45) is 11.5. The summed E-state index contributed by atoms with van der Waals surface area (Å²) in [6, 6.07) is 9.84. The number of nitrogens with zero attached hydrogens (tertiary/aromatic N) is 1. The summed E-state index contributed by atoms with van der Waals surface area (Å²) in [5, 5.41) is 0. The smallest absolute Gasteiger partial charge is 0.253 e. The highest BCUT2D eigenvalue weighted by atomic mass is 16.2. The lowest BCUT2D eigenvalue weighted by Crippen LogP contribution is -2.40. The SMILES string of the molecule is CC.NCC1CCC(CN(CC2CCCCC2)C(=O)c2ccccc2)CC1. The van der Waals surface area contributed by atoms with E-state index in [-0.39, 0.29) is 5.91 Å². The molecule has 0 spiro atoms. The maximum Gasteiger partial charge on any atom is 0.253 e. The predicted molar refractivity (Wildman–Crippen MR) is 115 cm³/mol. The Morgan fingerprint density at radius 1 is 0.852 bits per heavy atom. The molecule has 2 fully saturated rings. The molecule has 0 saturated heterocycles. The van der Waals surface area contributed by atoms with E-state index in [1.165, 1.54) is 57.8 Å². The Balaban J connectivity index is 0.00000126. The molecule has 3 rings (SSSR count). The third-order valence-electron chi connectivity index (χ3n) is 6.29. The van der Waals surface area contributed by atoms with E-state index in [0.717, 1.165) is 25.2 Å². The Morgan fingerprint density at radius 3 is 1.93 bits per heavy atom. The Hall–Kier alpha value is -1.35. The summed E-state index contributed by atoms with van der Waals surface area (Å²) in [6.45, 7) is 6.70. The molecule has 0 unspecified atom stereocenters. The first-order valence-corrected chi connectivity index (χ1v) is 11.3. The first kappa shape index (κ1) is 21.9. The molecular weight excluding hydrogens is 332 g/mol. The summed E-state index contributed by atoms with van der Waals surface area (Å²) < 4.78 is 0. The van der Waals surface area contributed by atoms with Gasteiger partial charge in [0.05, 0.1) is 0 Å². The summed E-state index contributed by atoms with van der Waals surface area (Å²) in [5.74, 6) is 2.28. The van der Waals surface area contributed by atoms with Gasteiger partial charge in [-0.25, -0.2) is 0 Å². The van der Waals surface area contributed by atoms with E-state index >= 15 is 0 Å². The van der Waals surface area contributed by atoms with Crippen LogP contribution >= 0.6 is 0 Å². The van der Waals surface area contributed by atoms with Gasteiger partial charge in [0.15, 0.2) is 0 Å². The number of carbonyl (C=O) groups excluding carboxylic acids is 1. The molecule has 152 valence electrons. The van der Waals surface area contributed by atoms with Gasteiger partial charge in [-0.1, -0.05) is 51.3 Å². The average Bonchev–Trinajstić information content (AvgIpc) is 2.76. The van der Waals surface area contributed by atoms with Crippen LogP contribution in [-0.2, 0) is 0 Å². The van der Waals surface area contributed by atoms with Crippen molar-refractivity contribution in [2.24, 2.45) is 23.5 Å². The highest BCUT2D eigenvalue weighted by Crippen LogP contribution is 2.30. The van der Waals surface area contributed by atoms with Crippen molar-refractivity contribution in [1.29, 1.82) is 0 Å². The molecule has 2 N–H and O–H groups in total. The number of nitrogens with two attached hydrogens (primary N) is 1. The van der Waals surface area contributed by atoms with Crippen molar-refractivity contribution in [3.05, 3.63) is 35.9 Å². The number of benzene rings is 1. The Morgan fingerprint density at radius 2 is 1.37 bits per heavy atom. The monoisotopic (exact) mass is 372 g/mol.